The van der Waals surface area contributed by atoms with Gasteiger partial charge in [0.25, 0.3) is 0 Å². The summed E-state index contributed by atoms with van der Waals surface area (Å²) in [5, 5.41) is 0. The summed E-state index contributed by atoms with van der Waals surface area (Å²) >= 11 is 0. The molecule has 5 heteroatoms. The summed E-state index contributed by atoms with van der Waals surface area (Å²) in [7, 11) is 5.78. The zero-order valence-electron chi connectivity index (χ0n) is 13.0. The van der Waals surface area contributed by atoms with Crippen molar-refractivity contribution in [1.82, 2.24) is 9.80 Å². The van der Waals surface area contributed by atoms with Gasteiger partial charge in [-0.25, -0.2) is 0 Å². The van der Waals surface area contributed by atoms with Crippen molar-refractivity contribution < 1.29 is 14.3 Å². The van der Waals surface area contributed by atoms with Crippen molar-refractivity contribution in [3.63, 3.8) is 0 Å². The molecule has 0 fully saturated rings. The number of rotatable bonds is 12. The maximum Gasteiger partial charge on any atom is 0.303 e. The van der Waals surface area contributed by atoms with E-state index >= 15 is 0 Å². The van der Waals surface area contributed by atoms with Gasteiger partial charge in [-0.15, -0.1) is 0 Å². The van der Waals surface area contributed by atoms with Gasteiger partial charge in [-0.05, 0) is 33.5 Å². The second kappa shape index (κ2) is 12.4. The van der Waals surface area contributed by atoms with E-state index in [-0.39, 0.29) is 5.97 Å². The highest BCUT2D eigenvalue weighted by molar-refractivity contribution is 5.65. The van der Waals surface area contributed by atoms with Crippen LogP contribution in [0.25, 0.3) is 0 Å². The van der Waals surface area contributed by atoms with E-state index in [0.29, 0.717) is 13.5 Å². The first-order valence-electron chi connectivity index (χ1n) is 7.05. The Morgan fingerprint density at radius 3 is 1.84 bits per heavy atom. The van der Waals surface area contributed by atoms with Crippen LogP contribution in [0.3, 0.4) is 0 Å². The summed E-state index contributed by atoms with van der Waals surface area (Å²) in [6.45, 7) is 4.63. The van der Waals surface area contributed by atoms with Gasteiger partial charge in [0.15, 0.2) is 0 Å². The number of methoxy groups -OCH3 is 1. The molecule has 19 heavy (non-hydrogen) atoms. The fraction of sp³-hybridized carbons (Fsp3) is 0.929. The predicted octanol–water partition coefficient (Wildman–Crippen LogP) is 1.92. The van der Waals surface area contributed by atoms with Gasteiger partial charge in [-0.2, -0.15) is 0 Å². The molecule has 0 aliphatic rings. The molecule has 5 nitrogen and oxygen atoms in total. The van der Waals surface area contributed by atoms with Crippen molar-refractivity contribution in [1.29, 1.82) is 0 Å². The predicted molar refractivity (Wildman–Crippen MR) is 76.9 cm³/mol. The summed E-state index contributed by atoms with van der Waals surface area (Å²) in [4.78, 5) is 14.9. The molecule has 0 spiro atoms. The maximum atomic E-state index is 10.6. The molecule has 0 heterocycles. The summed E-state index contributed by atoms with van der Waals surface area (Å²) in [6, 6.07) is 0. The number of unbranched alkanes of at least 4 members (excludes halogenated alkanes) is 4. The zero-order chi connectivity index (χ0) is 14.5. The molecule has 0 aromatic heterocycles. The zero-order valence-corrected chi connectivity index (χ0v) is 13.0. The molecule has 0 rings (SSSR count). The highest BCUT2D eigenvalue weighted by Crippen LogP contribution is 2.04. The largest absolute Gasteiger partial charge is 0.450 e. The number of hydrogen-bond acceptors (Lipinski definition) is 5. The average molecular weight is 274 g/mol. The molecule has 0 radical (unpaired) electrons. The second-order valence-corrected chi connectivity index (χ2v) is 5.11. The molecule has 0 atom stereocenters. The molecular formula is C14H30N2O3. The quantitative estimate of drug-likeness (QED) is 0.309. The number of hydrogen-bond donors (Lipinski definition) is 0. The Balaban J connectivity index is 3.24. The number of nitrogens with zero attached hydrogens (tertiary/aromatic N) is 2. The van der Waals surface area contributed by atoms with Gasteiger partial charge in [-0.1, -0.05) is 19.3 Å². The van der Waals surface area contributed by atoms with Gasteiger partial charge in [0.2, 0.25) is 0 Å². The van der Waals surface area contributed by atoms with E-state index in [9.17, 15) is 4.79 Å². The highest BCUT2D eigenvalue weighted by atomic mass is 16.5. The van der Waals surface area contributed by atoms with E-state index in [1.165, 1.54) is 32.6 Å². The van der Waals surface area contributed by atoms with Crippen LogP contribution >= 0.6 is 0 Å². The molecule has 0 saturated carbocycles. The minimum absolute atomic E-state index is 0.216. The number of carbonyl (C=O) groups is 1. The third kappa shape index (κ3) is 13.6. The van der Waals surface area contributed by atoms with E-state index in [1.807, 2.05) is 11.9 Å². The van der Waals surface area contributed by atoms with Crippen LogP contribution in [0.15, 0.2) is 0 Å². The molecule has 0 saturated heterocycles. The Morgan fingerprint density at radius 1 is 0.895 bits per heavy atom. The van der Waals surface area contributed by atoms with Gasteiger partial charge in [0.05, 0.1) is 6.73 Å². The van der Waals surface area contributed by atoms with Crippen molar-refractivity contribution in [2.45, 2.75) is 39.0 Å². The molecular weight excluding hydrogens is 244 g/mol. The lowest BCUT2D eigenvalue weighted by atomic mass is 10.1. The van der Waals surface area contributed by atoms with Gasteiger partial charge >= 0.3 is 5.97 Å². The van der Waals surface area contributed by atoms with Crippen LogP contribution in [0.1, 0.15) is 39.0 Å². The van der Waals surface area contributed by atoms with Gasteiger partial charge in [0.1, 0.15) is 6.73 Å². The minimum atomic E-state index is -0.216. The standard InChI is InChI=1S/C14H30N2O3/c1-14(17)19-13-16(3)11-9-7-5-6-8-10-15(2)12-18-4/h5-13H2,1-4H3. The van der Waals surface area contributed by atoms with Crippen molar-refractivity contribution in [2.75, 3.05) is 47.8 Å². The van der Waals surface area contributed by atoms with E-state index in [2.05, 4.69) is 11.9 Å². The van der Waals surface area contributed by atoms with Crippen molar-refractivity contribution in [2.24, 2.45) is 0 Å². The first-order valence-corrected chi connectivity index (χ1v) is 7.05. The Hall–Kier alpha value is -0.650. The number of esters is 1. The summed E-state index contributed by atoms with van der Waals surface area (Å²) in [5.41, 5.74) is 0. The van der Waals surface area contributed by atoms with E-state index < -0.39 is 0 Å². The van der Waals surface area contributed by atoms with Crippen LogP contribution < -0.4 is 0 Å². The van der Waals surface area contributed by atoms with Crippen molar-refractivity contribution in [3.05, 3.63) is 0 Å². The Labute approximate surface area is 117 Å². The first kappa shape index (κ1) is 18.4. The Bertz CT molecular complexity index is 225. The molecule has 0 aliphatic heterocycles. The van der Waals surface area contributed by atoms with Gasteiger partial charge in [0, 0.05) is 20.6 Å². The minimum Gasteiger partial charge on any atom is -0.450 e. The number of carbonyl (C=O) groups excluding carboxylic acids is 1. The summed E-state index contributed by atoms with van der Waals surface area (Å²) in [5.74, 6) is -0.216. The van der Waals surface area contributed by atoms with Crippen LogP contribution in [0.4, 0.5) is 0 Å². The van der Waals surface area contributed by atoms with Gasteiger partial charge in [-0.3, -0.25) is 14.6 Å². The van der Waals surface area contributed by atoms with Crippen LogP contribution in [-0.4, -0.2) is 63.5 Å². The maximum absolute atomic E-state index is 10.6. The van der Waals surface area contributed by atoms with E-state index in [0.717, 1.165) is 19.5 Å². The Morgan fingerprint density at radius 2 is 1.37 bits per heavy atom. The fourth-order valence-corrected chi connectivity index (χ4v) is 1.84. The lowest BCUT2D eigenvalue weighted by Gasteiger charge is -2.16. The molecule has 0 bridgehead atoms. The lowest BCUT2D eigenvalue weighted by Crippen LogP contribution is -2.24. The molecule has 0 aromatic rings. The first-order chi connectivity index (χ1) is 9.06. The van der Waals surface area contributed by atoms with E-state index in [4.69, 9.17) is 9.47 Å². The summed E-state index contributed by atoms with van der Waals surface area (Å²) in [6.07, 6.45) is 6.15. The fourth-order valence-electron chi connectivity index (χ4n) is 1.84. The molecule has 0 unspecified atom stereocenters. The number of ether oxygens (including phenoxy) is 2. The van der Waals surface area contributed by atoms with Crippen LogP contribution in [0.5, 0.6) is 0 Å². The Kier molecular flexibility index (Phi) is 12.0. The molecule has 0 amide bonds. The van der Waals surface area contributed by atoms with E-state index in [1.54, 1.807) is 7.11 Å². The molecule has 0 N–H and O–H groups in total. The smallest absolute Gasteiger partial charge is 0.303 e. The normalized spacial score (nSPS) is 11.3. The van der Waals surface area contributed by atoms with Crippen LogP contribution in [-0.2, 0) is 14.3 Å². The van der Waals surface area contributed by atoms with Crippen LogP contribution in [0, 0.1) is 0 Å². The van der Waals surface area contributed by atoms with Crippen molar-refractivity contribution in [3.8, 4) is 0 Å². The SMILES string of the molecule is COCN(C)CCCCCCCN(C)COC(C)=O. The third-order valence-electron chi connectivity index (χ3n) is 2.92. The summed E-state index contributed by atoms with van der Waals surface area (Å²) < 4.78 is 9.97. The average Bonchev–Trinajstić information content (AvgIpc) is 2.35. The topological polar surface area (TPSA) is 42.0 Å². The van der Waals surface area contributed by atoms with Crippen LogP contribution in [0.2, 0.25) is 0 Å². The third-order valence-corrected chi connectivity index (χ3v) is 2.92. The monoisotopic (exact) mass is 274 g/mol. The molecule has 0 aromatic carbocycles. The highest BCUT2D eigenvalue weighted by Gasteiger charge is 2.00. The lowest BCUT2D eigenvalue weighted by molar-refractivity contribution is -0.145. The van der Waals surface area contributed by atoms with Crippen molar-refractivity contribution >= 4 is 5.97 Å². The van der Waals surface area contributed by atoms with Gasteiger partial charge < -0.3 is 9.47 Å². The molecule has 0 aliphatic carbocycles. The molecule has 114 valence electrons. The second-order valence-electron chi connectivity index (χ2n) is 5.11.